The molecule has 0 N–H and O–H groups in total. The van der Waals surface area contributed by atoms with E-state index in [1.165, 1.54) is 24.3 Å². The summed E-state index contributed by atoms with van der Waals surface area (Å²) in [4.78, 5) is 15.3. The van der Waals surface area contributed by atoms with Gasteiger partial charge in [-0.2, -0.15) is 0 Å². The van der Waals surface area contributed by atoms with E-state index >= 15 is 0 Å². The quantitative estimate of drug-likeness (QED) is 0.304. The summed E-state index contributed by atoms with van der Waals surface area (Å²) in [5, 5.41) is 0. The van der Waals surface area contributed by atoms with Crippen molar-refractivity contribution < 1.29 is 27.2 Å². The van der Waals surface area contributed by atoms with E-state index in [4.69, 9.17) is 9.05 Å². The van der Waals surface area contributed by atoms with E-state index in [1.54, 1.807) is 50.3 Å². The van der Waals surface area contributed by atoms with Gasteiger partial charge < -0.3 is 9.05 Å². The van der Waals surface area contributed by atoms with E-state index in [-0.39, 0.29) is 23.6 Å². The van der Waals surface area contributed by atoms with Gasteiger partial charge in [-0.05, 0) is 74.4 Å². The van der Waals surface area contributed by atoms with Crippen LogP contribution < -0.4 is 0 Å². The fourth-order valence-electron chi connectivity index (χ4n) is 3.84. The zero-order valence-corrected chi connectivity index (χ0v) is 20.4. The highest BCUT2D eigenvalue weighted by molar-refractivity contribution is 7.53. The van der Waals surface area contributed by atoms with Gasteiger partial charge >= 0.3 is 7.60 Å². The van der Waals surface area contributed by atoms with Crippen molar-refractivity contribution in [1.82, 2.24) is 4.90 Å². The second-order valence-corrected chi connectivity index (χ2v) is 10.2. The third kappa shape index (κ3) is 7.54. The van der Waals surface area contributed by atoms with Crippen molar-refractivity contribution in [1.29, 1.82) is 0 Å². The van der Waals surface area contributed by atoms with E-state index in [9.17, 15) is 18.1 Å². The molecule has 1 aliphatic heterocycles. The van der Waals surface area contributed by atoms with Crippen LogP contribution in [0.2, 0.25) is 0 Å². The predicted molar refractivity (Wildman–Crippen MR) is 131 cm³/mol. The molecule has 8 heteroatoms. The molecular formula is C26H30F2NO4P. The van der Waals surface area contributed by atoms with Gasteiger partial charge in [-0.3, -0.25) is 14.3 Å². The van der Waals surface area contributed by atoms with Gasteiger partial charge in [-0.15, -0.1) is 0 Å². The molecule has 0 unspecified atom stereocenters. The summed E-state index contributed by atoms with van der Waals surface area (Å²) < 4.78 is 50.1. The molecule has 1 aliphatic rings. The molecule has 0 aromatic heterocycles. The number of rotatable bonds is 10. The standard InChI is InChI=1S/C26H30F2NO4P/c1-3-32-34(31,33-4-2)15-5-14-29-18-22(16-20-6-10-24(27)11-7-20)26(30)23(19-29)17-21-8-12-25(28)13-9-21/h6-13,16-17H,3-5,14-15,18-19H2,1-2H3/b22-16+,23-17+. The van der Waals surface area contributed by atoms with Crippen LogP contribution in [0.1, 0.15) is 31.4 Å². The number of ketones is 1. The first kappa shape index (κ1) is 26.2. The molecular weight excluding hydrogens is 459 g/mol. The Morgan fingerprint density at radius 2 is 1.29 bits per heavy atom. The Balaban J connectivity index is 1.81. The van der Waals surface area contributed by atoms with Gasteiger partial charge in [0.25, 0.3) is 0 Å². The van der Waals surface area contributed by atoms with Crippen molar-refractivity contribution in [2.75, 3.05) is 39.0 Å². The smallest absolute Gasteiger partial charge is 0.309 e. The van der Waals surface area contributed by atoms with Crippen molar-refractivity contribution in [3.05, 3.63) is 82.4 Å². The van der Waals surface area contributed by atoms with E-state index in [1.807, 2.05) is 0 Å². The summed E-state index contributed by atoms with van der Waals surface area (Å²) in [6.07, 6.45) is 4.38. The van der Waals surface area contributed by atoms with Crippen molar-refractivity contribution in [2.45, 2.75) is 20.3 Å². The molecule has 0 amide bonds. The lowest BCUT2D eigenvalue weighted by Gasteiger charge is -2.30. The number of hydrogen-bond acceptors (Lipinski definition) is 5. The zero-order chi connectivity index (χ0) is 24.6. The number of piperidine rings is 1. The topological polar surface area (TPSA) is 55.8 Å². The highest BCUT2D eigenvalue weighted by Gasteiger charge is 2.28. The maximum Gasteiger partial charge on any atom is 0.330 e. The number of benzene rings is 2. The molecule has 0 aliphatic carbocycles. The van der Waals surface area contributed by atoms with Gasteiger partial charge in [-0.25, -0.2) is 8.78 Å². The third-order valence-electron chi connectivity index (χ3n) is 5.35. The Morgan fingerprint density at radius 1 is 0.853 bits per heavy atom. The lowest BCUT2D eigenvalue weighted by atomic mass is 9.94. The molecule has 1 fully saturated rings. The minimum absolute atomic E-state index is 0.0980. The summed E-state index contributed by atoms with van der Waals surface area (Å²) in [5.41, 5.74) is 2.60. The second kappa shape index (κ2) is 12.3. The molecule has 5 nitrogen and oxygen atoms in total. The number of Topliss-reactive ketones (excluding diaryl/α,β-unsaturated/α-hetero) is 1. The number of hydrogen-bond donors (Lipinski definition) is 0. The molecule has 3 rings (SSSR count). The number of halogens is 2. The molecule has 34 heavy (non-hydrogen) atoms. The second-order valence-electron chi connectivity index (χ2n) is 8.01. The Kier molecular flexibility index (Phi) is 9.48. The van der Waals surface area contributed by atoms with Crippen LogP contribution in [0.4, 0.5) is 8.78 Å². The van der Waals surface area contributed by atoms with E-state index < -0.39 is 7.60 Å². The van der Waals surface area contributed by atoms with Crippen LogP contribution in [0.3, 0.4) is 0 Å². The van der Waals surface area contributed by atoms with Crippen LogP contribution >= 0.6 is 7.60 Å². The highest BCUT2D eigenvalue weighted by Crippen LogP contribution is 2.48. The lowest BCUT2D eigenvalue weighted by molar-refractivity contribution is -0.113. The summed E-state index contributed by atoms with van der Waals surface area (Å²) in [6, 6.07) is 11.9. The normalized spacial score (nSPS) is 17.6. The SMILES string of the molecule is CCOP(=O)(CCCN1C/C(=C\c2ccc(F)cc2)C(=O)/C(=C/c2ccc(F)cc2)C1)OCC. The van der Waals surface area contributed by atoms with Crippen LogP contribution in [-0.2, 0) is 18.4 Å². The van der Waals surface area contributed by atoms with Crippen LogP contribution in [-0.4, -0.2) is 49.7 Å². The van der Waals surface area contributed by atoms with E-state index in [0.29, 0.717) is 50.4 Å². The fraction of sp³-hybridized carbons (Fsp3) is 0.346. The summed E-state index contributed by atoms with van der Waals surface area (Å²) in [6.45, 7) is 5.57. The molecule has 0 radical (unpaired) electrons. The van der Waals surface area contributed by atoms with Crippen LogP contribution in [0.15, 0.2) is 59.7 Å². The maximum atomic E-state index is 13.3. The fourth-order valence-corrected chi connectivity index (χ4v) is 5.48. The molecule has 0 spiro atoms. The summed E-state index contributed by atoms with van der Waals surface area (Å²) >= 11 is 0. The van der Waals surface area contributed by atoms with Gasteiger partial charge in [0.2, 0.25) is 0 Å². The van der Waals surface area contributed by atoms with Gasteiger partial charge in [0.15, 0.2) is 5.78 Å². The number of carbonyl (C=O) groups excluding carboxylic acids is 1. The highest BCUT2D eigenvalue weighted by atomic mass is 31.2. The van der Waals surface area contributed by atoms with Gasteiger partial charge in [0, 0.05) is 24.2 Å². The Labute approximate surface area is 199 Å². The van der Waals surface area contributed by atoms with Crippen molar-refractivity contribution in [2.24, 2.45) is 0 Å². The predicted octanol–water partition coefficient (Wildman–Crippen LogP) is 5.97. The summed E-state index contributed by atoms with van der Waals surface area (Å²) in [5.74, 6) is -0.786. The van der Waals surface area contributed by atoms with Crippen molar-refractivity contribution >= 4 is 25.5 Å². The largest absolute Gasteiger partial charge is 0.330 e. The first-order valence-electron chi connectivity index (χ1n) is 11.4. The van der Waals surface area contributed by atoms with Crippen molar-refractivity contribution in [3.8, 4) is 0 Å². The first-order chi connectivity index (χ1) is 16.3. The summed E-state index contributed by atoms with van der Waals surface area (Å²) in [7, 11) is -3.14. The third-order valence-corrected chi connectivity index (χ3v) is 7.52. The molecule has 1 saturated heterocycles. The van der Waals surface area contributed by atoms with Crippen LogP contribution in [0.25, 0.3) is 12.2 Å². The van der Waals surface area contributed by atoms with Crippen molar-refractivity contribution in [3.63, 3.8) is 0 Å². The molecule has 0 bridgehead atoms. The van der Waals surface area contributed by atoms with E-state index in [0.717, 1.165) is 11.1 Å². The van der Waals surface area contributed by atoms with Gasteiger partial charge in [-0.1, -0.05) is 24.3 Å². The zero-order valence-electron chi connectivity index (χ0n) is 19.5. The molecule has 1 heterocycles. The lowest BCUT2D eigenvalue weighted by Crippen LogP contribution is -2.38. The minimum atomic E-state index is -3.14. The number of likely N-dealkylation sites (tertiary alicyclic amines) is 1. The molecule has 0 atom stereocenters. The van der Waals surface area contributed by atoms with Crippen LogP contribution in [0.5, 0.6) is 0 Å². The van der Waals surface area contributed by atoms with Gasteiger partial charge in [0.1, 0.15) is 11.6 Å². The maximum absolute atomic E-state index is 13.3. The molecule has 182 valence electrons. The average molecular weight is 489 g/mol. The average Bonchev–Trinajstić information content (AvgIpc) is 2.80. The molecule has 0 saturated carbocycles. The van der Waals surface area contributed by atoms with E-state index in [2.05, 4.69) is 4.90 Å². The number of nitrogens with zero attached hydrogens (tertiary/aromatic N) is 1. The van der Waals surface area contributed by atoms with Gasteiger partial charge in [0.05, 0.1) is 19.4 Å². The Hall–Kier alpha value is -2.44. The first-order valence-corrected chi connectivity index (χ1v) is 13.1. The Morgan fingerprint density at radius 3 is 1.71 bits per heavy atom. The minimum Gasteiger partial charge on any atom is -0.309 e. The Bertz CT molecular complexity index is 1000. The molecule has 2 aromatic carbocycles. The number of carbonyl (C=O) groups is 1. The monoisotopic (exact) mass is 489 g/mol. The molecule has 2 aromatic rings. The van der Waals surface area contributed by atoms with Crippen LogP contribution in [0, 0.1) is 11.6 Å².